The topological polar surface area (TPSA) is 249 Å². The van der Waals surface area contributed by atoms with E-state index in [1.54, 1.807) is 0 Å². The summed E-state index contributed by atoms with van der Waals surface area (Å²) in [6.07, 6.45) is 0. The summed E-state index contributed by atoms with van der Waals surface area (Å²) in [6.45, 7) is 0.535. The molecule has 20 heteroatoms. The minimum Gasteiger partial charge on any atom is -0.756 e. The van der Waals surface area contributed by atoms with Crippen LogP contribution in [0, 0.1) is 4.91 Å². The Bertz CT molecular complexity index is 800. The molecule has 0 aliphatic carbocycles. The quantitative estimate of drug-likeness (QED) is 0.0457. The molecule has 0 heterocycles. The van der Waals surface area contributed by atoms with Gasteiger partial charge in [0.1, 0.15) is 6.61 Å². The molecule has 0 fully saturated rings. The Labute approximate surface area is 213 Å². The van der Waals surface area contributed by atoms with Gasteiger partial charge in [0, 0.05) is 12.0 Å². The van der Waals surface area contributed by atoms with Crippen molar-refractivity contribution in [2.45, 2.75) is 25.9 Å². The molecule has 0 aromatic rings. The predicted octanol–water partition coefficient (Wildman–Crippen LogP) is -2.07. The van der Waals surface area contributed by atoms with Crippen molar-refractivity contribution in [1.82, 2.24) is 5.06 Å². The van der Waals surface area contributed by atoms with Crippen molar-refractivity contribution < 1.29 is 70.8 Å². The molecule has 0 saturated heterocycles. The van der Waals surface area contributed by atoms with Crippen LogP contribution < -0.4 is 15.5 Å². The summed E-state index contributed by atoms with van der Waals surface area (Å²) >= 11 is 0. The van der Waals surface area contributed by atoms with E-state index in [1.165, 1.54) is 6.92 Å². The summed E-state index contributed by atoms with van der Waals surface area (Å²) < 4.78 is 55.3. The third-order valence-corrected chi connectivity index (χ3v) is 5.99. The van der Waals surface area contributed by atoms with Gasteiger partial charge >= 0.3 is 5.91 Å². The highest BCUT2D eigenvalue weighted by atomic mass is 31.2. The fraction of sp³-hybridized carbons (Fsp3) is 0.882. The zero-order chi connectivity index (χ0) is 28.5. The fourth-order valence-electron chi connectivity index (χ4n) is 2.11. The maximum Gasteiger partial charge on any atom is 0.457 e. The van der Waals surface area contributed by atoms with Crippen molar-refractivity contribution in [2.24, 2.45) is 5.73 Å². The lowest BCUT2D eigenvalue weighted by molar-refractivity contribution is -0.477. The molecule has 0 bridgehead atoms. The predicted molar refractivity (Wildman–Crippen MR) is 118 cm³/mol. The van der Waals surface area contributed by atoms with Crippen LogP contribution in [0.4, 0.5) is 0 Å². The van der Waals surface area contributed by atoms with Crippen molar-refractivity contribution >= 4 is 27.5 Å². The number of carbonyl (C=O) groups is 2. The van der Waals surface area contributed by atoms with Crippen molar-refractivity contribution in [3.63, 3.8) is 0 Å². The van der Waals surface area contributed by atoms with Crippen molar-refractivity contribution in [1.29, 1.82) is 0 Å². The number of nitroso groups, excluding NO2 is 1. The number of nitrogens with zero attached hydrogens (tertiary/aromatic N) is 2. The average molecular weight is 582 g/mol. The Hall–Kier alpha value is -1.24. The zero-order valence-electron chi connectivity index (χ0n) is 20.8. The van der Waals surface area contributed by atoms with Crippen LogP contribution in [0.15, 0.2) is 0 Å². The van der Waals surface area contributed by atoms with E-state index < -0.39 is 52.7 Å². The second-order valence-corrected chi connectivity index (χ2v) is 9.93. The van der Waals surface area contributed by atoms with E-state index in [4.69, 9.17) is 19.9 Å². The van der Waals surface area contributed by atoms with Gasteiger partial charge in [-0.3, -0.25) is 19.1 Å². The molecule has 0 saturated carbocycles. The lowest BCUT2D eigenvalue weighted by Crippen LogP contribution is -2.49. The molecular weight excluding hydrogens is 548 g/mol. The Morgan fingerprint density at radius 2 is 1.27 bits per heavy atom. The summed E-state index contributed by atoms with van der Waals surface area (Å²) in [5.41, 5.74) is 5.32. The minimum atomic E-state index is -4.63. The van der Waals surface area contributed by atoms with Crippen LogP contribution in [-0.4, -0.2) is 112 Å². The second-order valence-electron chi connectivity index (χ2n) is 7.00. The molecule has 2 amide bonds. The Morgan fingerprint density at radius 1 is 0.865 bits per heavy atom. The van der Waals surface area contributed by atoms with E-state index in [-0.39, 0.29) is 62.7 Å². The molecule has 4 atom stereocenters. The normalized spacial score (nSPS) is 16.4. The van der Waals surface area contributed by atoms with E-state index in [2.05, 4.69) is 18.1 Å². The number of hydrogen-bond acceptors (Lipinski definition) is 16. The molecule has 218 valence electrons. The SMILES string of the molecule is COP(=O)([O-])OCCOCCOCCOP(=O)([O-])OCCOCC[N+](=O)C(=O)C(C)N(O)C(=O)C(C)N. The summed E-state index contributed by atoms with van der Waals surface area (Å²) in [5, 5.41) is 9.71. The number of phosphoric acid groups is 2. The summed E-state index contributed by atoms with van der Waals surface area (Å²) in [6, 6.07) is -2.53. The van der Waals surface area contributed by atoms with Crippen LogP contribution in [0.5, 0.6) is 0 Å². The molecule has 0 aliphatic rings. The molecule has 0 aromatic carbocycles. The monoisotopic (exact) mass is 582 g/mol. The van der Waals surface area contributed by atoms with Gasteiger partial charge in [-0.25, -0.2) is 9.86 Å². The zero-order valence-corrected chi connectivity index (χ0v) is 22.5. The van der Waals surface area contributed by atoms with Gasteiger partial charge in [0.05, 0.1) is 63.7 Å². The van der Waals surface area contributed by atoms with E-state index in [1.807, 2.05) is 0 Å². The standard InChI is InChI=1S/C17H35N3O15P2/c1-14(18)16(21)20(24)15(2)17(22)19(23)4-5-30-8-12-34-37(27,28)35-13-10-32-7-6-31-9-11-33-36(25,26)29-3/h14-15,24H,4-13,18H2,1-3H3,(H-,25,26,27,28)/p-1. The molecule has 0 spiro atoms. The van der Waals surface area contributed by atoms with Gasteiger partial charge in [0.25, 0.3) is 21.6 Å². The number of ether oxygens (including phenoxy) is 3. The van der Waals surface area contributed by atoms with Crippen LogP contribution in [0.1, 0.15) is 13.8 Å². The van der Waals surface area contributed by atoms with E-state index >= 15 is 0 Å². The molecule has 4 unspecified atom stereocenters. The largest absolute Gasteiger partial charge is 0.756 e. The van der Waals surface area contributed by atoms with E-state index in [0.29, 0.717) is 0 Å². The molecule has 18 nitrogen and oxygen atoms in total. The lowest BCUT2D eigenvalue weighted by Gasteiger charge is -2.22. The first kappa shape index (κ1) is 35.8. The first-order valence-electron chi connectivity index (χ1n) is 10.8. The Morgan fingerprint density at radius 3 is 1.70 bits per heavy atom. The minimum absolute atomic E-state index is 0.0181. The fourth-order valence-corrected chi connectivity index (χ4v) is 3.18. The number of rotatable bonds is 22. The second kappa shape index (κ2) is 18.9. The molecule has 0 aromatic heterocycles. The van der Waals surface area contributed by atoms with Crippen LogP contribution in [0.2, 0.25) is 0 Å². The van der Waals surface area contributed by atoms with Crippen LogP contribution in [0.3, 0.4) is 0 Å². The first-order valence-corrected chi connectivity index (χ1v) is 13.8. The summed E-state index contributed by atoms with van der Waals surface area (Å²) in [4.78, 5) is 57.8. The van der Waals surface area contributed by atoms with Gasteiger partial charge in [0.2, 0.25) is 6.54 Å². The highest BCUT2D eigenvalue weighted by Crippen LogP contribution is 2.37. The molecule has 3 N–H and O–H groups in total. The van der Waals surface area contributed by atoms with Crippen LogP contribution in [0.25, 0.3) is 0 Å². The van der Waals surface area contributed by atoms with Crippen LogP contribution in [-0.2, 0) is 51.0 Å². The molecule has 0 rings (SSSR count). The van der Waals surface area contributed by atoms with Crippen molar-refractivity contribution in [2.75, 3.05) is 73.1 Å². The molecule has 0 aliphatic heterocycles. The molecular formula is C17H34N3O15P2-. The average Bonchev–Trinajstić information content (AvgIpc) is 2.84. The number of hydrogen-bond donors (Lipinski definition) is 2. The van der Waals surface area contributed by atoms with Gasteiger partial charge in [-0.05, 0) is 13.8 Å². The number of nitrogens with two attached hydrogens (primary N) is 1. The van der Waals surface area contributed by atoms with Gasteiger partial charge < -0.3 is 47.8 Å². The highest BCUT2D eigenvalue weighted by Gasteiger charge is 2.36. The lowest BCUT2D eigenvalue weighted by atomic mass is 10.2. The van der Waals surface area contributed by atoms with Crippen LogP contribution >= 0.6 is 15.6 Å². The number of carbonyl (C=O) groups excluding carboxylic acids is 2. The smallest absolute Gasteiger partial charge is 0.457 e. The molecule has 37 heavy (non-hydrogen) atoms. The van der Waals surface area contributed by atoms with E-state index in [9.17, 15) is 38.6 Å². The van der Waals surface area contributed by atoms with E-state index in [0.717, 1.165) is 14.0 Å². The Balaban J connectivity index is 3.84. The number of hydroxylamine groups is 2. The Kier molecular flexibility index (Phi) is 18.3. The highest BCUT2D eigenvalue weighted by molar-refractivity contribution is 7.46. The summed E-state index contributed by atoms with van der Waals surface area (Å²) in [5.74, 6) is -2.04. The maximum atomic E-state index is 11.9. The van der Waals surface area contributed by atoms with Gasteiger partial charge in [-0.15, -0.1) is 0 Å². The third kappa shape index (κ3) is 17.1. The van der Waals surface area contributed by atoms with Gasteiger partial charge in [-0.2, -0.15) is 0 Å². The number of amides is 2. The third-order valence-electron chi connectivity index (χ3n) is 4.05. The first-order chi connectivity index (χ1) is 17.2. The summed E-state index contributed by atoms with van der Waals surface area (Å²) in [7, 11) is -7.97. The van der Waals surface area contributed by atoms with Gasteiger partial charge in [0.15, 0.2) is 6.04 Å². The van der Waals surface area contributed by atoms with Gasteiger partial charge in [-0.1, -0.05) is 0 Å². The van der Waals surface area contributed by atoms with Crippen molar-refractivity contribution in [3.8, 4) is 0 Å². The maximum absolute atomic E-state index is 11.9. The number of phosphoric ester groups is 2. The van der Waals surface area contributed by atoms with Crippen molar-refractivity contribution in [3.05, 3.63) is 4.91 Å². The molecule has 0 radical (unpaired) electrons.